The van der Waals surface area contributed by atoms with Crippen molar-refractivity contribution in [3.63, 3.8) is 0 Å². The van der Waals surface area contributed by atoms with E-state index in [0.29, 0.717) is 0 Å². The number of carbonyl (C=O) groups is 1. The van der Waals surface area contributed by atoms with E-state index in [2.05, 4.69) is 16.0 Å². The molecule has 0 fully saturated rings. The second-order valence-electron chi connectivity index (χ2n) is 4.05. The van der Waals surface area contributed by atoms with Crippen molar-refractivity contribution in [1.82, 2.24) is 10.6 Å². The monoisotopic (exact) mass is 402 g/mol. The molecule has 0 aliphatic rings. The van der Waals surface area contributed by atoms with Crippen molar-refractivity contribution in [2.24, 2.45) is 0 Å². The molecule has 0 saturated carbocycles. The van der Waals surface area contributed by atoms with Gasteiger partial charge in [0.15, 0.2) is 11.8 Å². The number of benzene rings is 1. The lowest BCUT2D eigenvalue weighted by molar-refractivity contribution is -0.383. The highest BCUT2D eigenvalue weighted by Crippen LogP contribution is 2.29. The molecule has 12 heteroatoms. The summed E-state index contributed by atoms with van der Waals surface area (Å²) in [7, 11) is 0. The number of halogens is 4. The Morgan fingerprint density at radius 3 is 2.48 bits per heavy atom. The maximum absolute atomic E-state index is 12.3. The second kappa shape index (κ2) is 8.44. The predicted molar refractivity (Wildman–Crippen MR) is 90.6 cm³/mol. The van der Waals surface area contributed by atoms with Crippen molar-refractivity contribution < 1.29 is 14.1 Å². The minimum absolute atomic E-state index is 0.0925. The summed E-state index contributed by atoms with van der Waals surface area (Å²) in [5.74, 6) is -1.03. The number of amides is 1. The van der Waals surface area contributed by atoms with E-state index in [4.69, 9.17) is 47.0 Å². The van der Waals surface area contributed by atoms with E-state index in [-0.39, 0.29) is 16.5 Å². The summed E-state index contributed by atoms with van der Waals surface area (Å²) < 4.78 is 10.2. The number of nitro groups is 1. The molecule has 0 spiro atoms. The maximum atomic E-state index is 12.3. The Hall–Kier alpha value is -1.42. The van der Waals surface area contributed by atoms with Crippen LogP contribution in [-0.2, 0) is 4.79 Å². The molecule has 0 heterocycles. The highest BCUT2D eigenvalue weighted by Gasteiger charge is 2.34. The third kappa shape index (κ3) is 6.30. The Morgan fingerprint density at radius 2 is 1.96 bits per heavy atom. The summed E-state index contributed by atoms with van der Waals surface area (Å²) >= 11 is 21.9. The first-order valence-corrected chi connectivity index (χ1v) is 7.42. The van der Waals surface area contributed by atoms with Crippen LogP contribution in [-0.4, -0.2) is 32.6 Å². The fourth-order valence-electron chi connectivity index (χ4n) is 1.43. The molecule has 1 aromatic rings. The lowest BCUT2D eigenvalue weighted by Crippen LogP contribution is -2.56. The average Bonchev–Trinajstić information content (AvgIpc) is 2.45. The molecule has 0 unspecified atom stereocenters. The Bertz CT molecular complexity index is 614. The summed E-state index contributed by atoms with van der Waals surface area (Å²) in [6, 6.07) is 5.71. The molecule has 126 valence electrons. The van der Waals surface area contributed by atoms with Crippen LogP contribution in [0.4, 0.5) is 15.8 Å². The fourth-order valence-corrected chi connectivity index (χ4v) is 1.98. The van der Waals surface area contributed by atoms with Gasteiger partial charge in [-0.25, -0.2) is 4.39 Å². The Labute approximate surface area is 150 Å². The summed E-state index contributed by atoms with van der Waals surface area (Å²) in [5, 5.41) is 17.8. The zero-order valence-electron chi connectivity index (χ0n) is 11.2. The van der Waals surface area contributed by atoms with Crippen molar-refractivity contribution in [2.75, 3.05) is 12.0 Å². The first-order valence-electron chi connectivity index (χ1n) is 5.88. The molecule has 1 atom stereocenters. The number of alkyl halides is 4. The van der Waals surface area contributed by atoms with Crippen LogP contribution in [0.25, 0.3) is 0 Å². The SMILES string of the molecule is O=C(CF)N[C@H](NC(=S)Nc1ccccc1[N+](=O)[O-])C(Cl)(Cl)Cl. The molecule has 0 aromatic heterocycles. The van der Waals surface area contributed by atoms with Crippen LogP contribution < -0.4 is 16.0 Å². The number of nitrogens with one attached hydrogen (secondary N) is 3. The molecule has 1 aromatic carbocycles. The van der Waals surface area contributed by atoms with Crippen molar-refractivity contribution in [3.05, 3.63) is 34.4 Å². The number of nitro benzene ring substituents is 1. The lowest BCUT2D eigenvalue weighted by Gasteiger charge is -2.27. The van der Waals surface area contributed by atoms with E-state index in [1.54, 1.807) is 6.07 Å². The molecule has 23 heavy (non-hydrogen) atoms. The Morgan fingerprint density at radius 1 is 1.35 bits per heavy atom. The van der Waals surface area contributed by atoms with Crippen LogP contribution >= 0.6 is 47.0 Å². The zero-order chi connectivity index (χ0) is 17.6. The van der Waals surface area contributed by atoms with Gasteiger partial charge < -0.3 is 16.0 Å². The molecule has 0 saturated heterocycles. The van der Waals surface area contributed by atoms with Gasteiger partial charge >= 0.3 is 0 Å². The molecule has 1 rings (SSSR count). The van der Waals surface area contributed by atoms with Crippen LogP contribution in [0.3, 0.4) is 0 Å². The molecule has 0 radical (unpaired) electrons. The molecule has 0 aliphatic carbocycles. The van der Waals surface area contributed by atoms with E-state index < -0.39 is 27.5 Å². The van der Waals surface area contributed by atoms with Gasteiger partial charge in [0.2, 0.25) is 3.79 Å². The Balaban J connectivity index is 2.84. The molecular formula is C11H10Cl3FN4O3S. The predicted octanol–water partition coefficient (Wildman–Crippen LogP) is 2.66. The van der Waals surface area contributed by atoms with Gasteiger partial charge in [-0.1, -0.05) is 46.9 Å². The highest BCUT2D eigenvalue weighted by atomic mass is 35.6. The molecule has 0 aliphatic heterocycles. The lowest BCUT2D eigenvalue weighted by atomic mass is 10.3. The minimum atomic E-state index is -2.04. The van der Waals surface area contributed by atoms with Crippen LogP contribution in [0.1, 0.15) is 0 Å². The van der Waals surface area contributed by atoms with E-state index >= 15 is 0 Å². The number of carbonyl (C=O) groups excluding carboxylic acids is 1. The molecular weight excluding hydrogens is 394 g/mol. The van der Waals surface area contributed by atoms with Crippen LogP contribution in [0, 0.1) is 10.1 Å². The van der Waals surface area contributed by atoms with Gasteiger partial charge in [-0.15, -0.1) is 0 Å². The first kappa shape index (κ1) is 19.6. The van der Waals surface area contributed by atoms with Gasteiger partial charge in [0.25, 0.3) is 11.6 Å². The topological polar surface area (TPSA) is 96.3 Å². The normalized spacial score (nSPS) is 12.2. The van der Waals surface area contributed by atoms with Gasteiger partial charge in [0.05, 0.1) is 4.92 Å². The number of anilines is 1. The minimum Gasteiger partial charge on any atom is -0.339 e. The van der Waals surface area contributed by atoms with Crippen molar-refractivity contribution in [1.29, 1.82) is 0 Å². The second-order valence-corrected chi connectivity index (χ2v) is 6.83. The van der Waals surface area contributed by atoms with Crippen molar-refractivity contribution in [2.45, 2.75) is 9.96 Å². The van der Waals surface area contributed by atoms with Gasteiger partial charge in [0.1, 0.15) is 11.9 Å². The smallest absolute Gasteiger partial charge is 0.292 e. The van der Waals surface area contributed by atoms with E-state index in [0.717, 1.165) is 0 Å². The summed E-state index contributed by atoms with van der Waals surface area (Å²) in [6.45, 7) is -1.32. The van der Waals surface area contributed by atoms with Crippen LogP contribution in [0.15, 0.2) is 24.3 Å². The van der Waals surface area contributed by atoms with Crippen molar-refractivity contribution >= 4 is 69.4 Å². The first-order chi connectivity index (χ1) is 10.6. The Kier molecular flexibility index (Phi) is 7.20. The zero-order valence-corrected chi connectivity index (χ0v) is 14.3. The highest BCUT2D eigenvalue weighted by molar-refractivity contribution is 7.80. The molecule has 7 nitrogen and oxygen atoms in total. The quantitative estimate of drug-likeness (QED) is 0.230. The number of rotatable bonds is 5. The average molecular weight is 404 g/mol. The third-order valence-electron chi connectivity index (χ3n) is 2.38. The fraction of sp³-hybridized carbons (Fsp3) is 0.273. The largest absolute Gasteiger partial charge is 0.339 e. The van der Waals surface area contributed by atoms with Gasteiger partial charge in [-0.3, -0.25) is 14.9 Å². The number of para-hydroxylation sites is 2. The van der Waals surface area contributed by atoms with Crippen molar-refractivity contribution in [3.8, 4) is 0 Å². The van der Waals surface area contributed by atoms with E-state index in [1.807, 2.05) is 0 Å². The maximum Gasteiger partial charge on any atom is 0.292 e. The molecule has 1 amide bonds. The van der Waals surface area contributed by atoms with E-state index in [1.165, 1.54) is 18.2 Å². The number of nitrogens with zero attached hydrogens (tertiary/aromatic N) is 1. The summed E-state index contributed by atoms with van der Waals surface area (Å²) in [5.41, 5.74) is -0.134. The summed E-state index contributed by atoms with van der Waals surface area (Å²) in [6.07, 6.45) is -1.35. The van der Waals surface area contributed by atoms with Crippen LogP contribution in [0.2, 0.25) is 0 Å². The number of hydrogen-bond donors (Lipinski definition) is 3. The van der Waals surface area contributed by atoms with E-state index in [9.17, 15) is 19.3 Å². The van der Waals surface area contributed by atoms with Crippen LogP contribution in [0.5, 0.6) is 0 Å². The van der Waals surface area contributed by atoms with Gasteiger partial charge in [-0.05, 0) is 18.3 Å². The van der Waals surface area contributed by atoms with Gasteiger partial charge in [0, 0.05) is 6.07 Å². The molecule has 3 N–H and O–H groups in total. The number of thiocarbonyl (C=S) groups is 1. The summed E-state index contributed by atoms with van der Waals surface area (Å²) in [4.78, 5) is 21.4. The number of hydrogen-bond acceptors (Lipinski definition) is 4. The van der Waals surface area contributed by atoms with Gasteiger partial charge in [-0.2, -0.15) is 0 Å². The standard InChI is InChI=1S/C11H10Cl3FN4O3S/c12-11(13,14)9(17-8(20)5-15)18-10(23)16-6-3-1-2-4-7(6)19(21)22/h1-4,9H,5H2,(H,17,20)(H2,16,18,23)/t9-/m1/s1. The molecule has 0 bridgehead atoms. The third-order valence-corrected chi connectivity index (χ3v) is 3.25.